The highest BCUT2D eigenvalue weighted by Gasteiger charge is 2.38. The van der Waals surface area contributed by atoms with Crippen molar-refractivity contribution in [2.24, 2.45) is 0 Å². The van der Waals surface area contributed by atoms with Crippen LogP contribution in [0, 0.1) is 0 Å². The molecule has 5 heteroatoms. The normalized spacial score (nSPS) is 25.1. The maximum absolute atomic E-state index is 11.8. The summed E-state index contributed by atoms with van der Waals surface area (Å²) in [5, 5.41) is 1.20. The first kappa shape index (κ1) is 14.9. The van der Waals surface area contributed by atoms with Gasteiger partial charge in [-0.1, -0.05) is 0 Å². The molecule has 2 N–H and O–H groups in total. The average molecular weight is 308 g/mol. The third-order valence-corrected chi connectivity index (χ3v) is 5.51. The number of hydrogen-bond acceptors (Lipinski definition) is 5. The summed E-state index contributed by atoms with van der Waals surface area (Å²) in [5.74, 6) is 0.622. The molecule has 2 heterocycles. The van der Waals surface area contributed by atoms with Gasteiger partial charge < -0.3 is 15.4 Å². The van der Waals surface area contributed by atoms with Crippen LogP contribution in [0.3, 0.4) is 0 Å². The molecule has 1 aliphatic heterocycles. The van der Waals surface area contributed by atoms with Crippen LogP contribution in [0.5, 0.6) is 0 Å². The Kier molecular flexibility index (Phi) is 3.53. The van der Waals surface area contributed by atoms with Gasteiger partial charge >= 0.3 is 0 Å². The average Bonchev–Trinajstić information content (AvgIpc) is 3.10. The number of ketones is 1. The van der Waals surface area contributed by atoms with Crippen molar-refractivity contribution >= 4 is 27.8 Å². The summed E-state index contributed by atoms with van der Waals surface area (Å²) in [6.45, 7) is 9.65. The first-order valence-corrected chi connectivity index (χ1v) is 8.46. The molecule has 0 amide bonds. The Morgan fingerprint density at radius 1 is 1.43 bits per heavy atom. The number of nitrogens with zero attached hydrogens (tertiary/aromatic N) is 1. The molecule has 2 fully saturated rings. The maximum Gasteiger partial charge on any atom is 0.171 e. The van der Waals surface area contributed by atoms with Gasteiger partial charge in [-0.2, -0.15) is 0 Å². The number of carbonyl (C=O) groups is 1. The number of ether oxygens (including phenoxy) is 1. The van der Waals surface area contributed by atoms with Gasteiger partial charge in [-0.15, -0.1) is 11.3 Å². The van der Waals surface area contributed by atoms with Crippen molar-refractivity contribution in [3.05, 3.63) is 10.4 Å². The predicted molar refractivity (Wildman–Crippen MR) is 87.5 cm³/mol. The van der Waals surface area contributed by atoms with E-state index in [2.05, 4.69) is 25.7 Å². The molecule has 1 aromatic heterocycles. The number of anilines is 2. The Balaban J connectivity index is 2.01. The van der Waals surface area contributed by atoms with Gasteiger partial charge in [0.25, 0.3) is 0 Å². The fraction of sp³-hybridized carbons (Fsp3) is 0.688. The summed E-state index contributed by atoms with van der Waals surface area (Å²) < 4.78 is 5.99. The quantitative estimate of drug-likeness (QED) is 0.869. The van der Waals surface area contributed by atoms with E-state index < -0.39 is 0 Å². The molecule has 1 aliphatic carbocycles. The van der Waals surface area contributed by atoms with Gasteiger partial charge in [-0.25, -0.2) is 0 Å². The molecule has 1 atom stereocenters. The number of hydrogen-bond donors (Lipinski definition) is 1. The Morgan fingerprint density at radius 2 is 2.10 bits per heavy atom. The minimum absolute atomic E-state index is 0.0752. The van der Waals surface area contributed by atoms with Crippen molar-refractivity contribution in [3.8, 4) is 0 Å². The van der Waals surface area contributed by atoms with E-state index in [1.807, 2.05) is 0 Å². The number of nitrogen functional groups attached to an aromatic ring is 1. The number of thiophene rings is 1. The molecule has 3 rings (SSSR count). The molecule has 116 valence electrons. The molecule has 2 aliphatic rings. The van der Waals surface area contributed by atoms with Crippen molar-refractivity contribution in [2.45, 2.75) is 58.2 Å². The zero-order valence-corrected chi connectivity index (χ0v) is 14.0. The van der Waals surface area contributed by atoms with Crippen LogP contribution in [0.25, 0.3) is 0 Å². The molecule has 0 aromatic carbocycles. The SMILES string of the molecule is CC(=O)c1sc(N2CC(C)OC(C)(C)C2)c(C2CC2)c1N. The second-order valence-electron chi connectivity index (χ2n) is 6.96. The molecular weight excluding hydrogens is 284 g/mol. The van der Waals surface area contributed by atoms with Crippen LogP contribution in [-0.4, -0.2) is 30.6 Å². The molecule has 4 nitrogen and oxygen atoms in total. The summed E-state index contributed by atoms with van der Waals surface area (Å²) in [6.07, 6.45) is 2.56. The molecule has 0 bridgehead atoms. The van der Waals surface area contributed by atoms with Crippen molar-refractivity contribution in [1.82, 2.24) is 0 Å². The van der Waals surface area contributed by atoms with Gasteiger partial charge in [0.05, 0.1) is 27.3 Å². The molecule has 1 saturated carbocycles. The van der Waals surface area contributed by atoms with E-state index in [0.29, 0.717) is 5.92 Å². The van der Waals surface area contributed by atoms with Gasteiger partial charge in [0.15, 0.2) is 5.78 Å². The monoisotopic (exact) mass is 308 g/mol. The number of nitrogens with two attached hydrogens (primary N) is 1. The molecule has 0 radical (unpaired) electrons. The summed E-state index contributed by atoms with van der Waals surface area (Å²) in [7, 11) is 0. The molecule has 21 heavy (non-hydrogen) atoms. The molecule has 1 aromatic rings. The fourth-order valence-electron chi connectivity index (χ4n) is 3.32. The zero-order chi connectivity index (χ0) is 15.4. The summed E-state index contributed by atoms with van der Waals surface area (Å²) >= 11 is 1.57. The smallest absolute Gasteiger partial charge is 0.171 e. The lowest BCUT2D eigenvalue weighted by atomic mass is 10.0. The number of Topliss-reactive ketones (excluding diaryl/α,β-unsaturated/α-hetero) is 1. The van der Waals surface area contributed by atoms with Crippen LogP contribution in [0.4, 0.5) is 10.7 Å². The minimum Gasteiger partial charge on any atom is -0.397 e. The van der Waals surface area contributed by atoms with E-state index in [0.717, 1.165) is 23.7 Å². The Hall–Kier alpha value is -1.07. The number of morpholine rings is 1. The third-order valence-electron chi connectivity index (χ3n) is 4.13. The highest BCUT2D eigenvalue weighted by atomic mass is 32.1. The van der Waals surface area contributed by atoms with Gasteiger partial charge in [0.2, 0.25) is 0 Å². The standard InChI is InChI=1S/C16H24N2O2S/c1-9-7-18(8-16(3,4)20-9)15-12(11-5-6-11)13(17)14(21-15)10(2)19/h9,11H,5-8,17H2,1-4H3. The first-order chi connectivity index (χ1) is 9.78. The minimum atomic E-state index is -0.173. The lowest BCUT2D eigenvalue weighted by molar-refractivity contribution is -0.0748. The second kappa shape index (κ2) is 4.99. The largest absolute Gasteiger partial charge is 0.397 e. The Bertz CT molecular complexity index is 575. The Morgan fingerprint density at radius 3 is 2.62 bits per heavy atom. The predicted octanol–water partition coefficient (Wildman–Crippen LogP) is 3.41. The van der Waals surface area contributed by atoms with Crippen LogP contribution in [0.1, 0.15) is 61.7 Å². The van der Waals surface area contributed by atoms with Gasteiger partial charge in [0.1, 0.15) is 0 Å². The van der Waals surface area contributed by atoms with Crippen LogP contribution in [0.15, 0.2) is 0 Å². The van der Waals surface area contributed by atoms with E-state index >= 15 is 0 Å². The van der Waals surface area contributed by atoms with Crippen molar-refractivity contribution < 1.29 is 9.53 Å². The van der Waals surface area contributed by atoms with Crippen LogP contribution in [0.2, 0.25) is 0 Å². The van der Waals surface area contributed by atoms with Crippen molar-refractivity contribution in [3.63, 3.8) is 0 Å². The lowest BCUT2D eigenvalue weighted by Gasteiger charge is -2.42. The molecule has 1 saturated heterocycles. The summed E-state index contributed by atoms with van der Waals surface area (Å²) in [4.78, 5) is 14.9. The van der Waals surface area contributed by atoms with Crippen molar-refractivity contribution in [2.75, 3.05) is 23.7 Å². The summed E-state index contributed by atoms with van der Waals surface area (Å²) in [5.41, 5.74) is 8.06. The van der Waals surface area contributed by atoms with Gasteiger partial charge in [-0.3, -0.25) is 4.79 Å². The van der Waals surface area contributed by atoms with E-state index in [-0.39, 0.29) is 17.5 Å². The highest BCUT2D eigenvalue weighted by Crippen LogP contribution is 2.52. The van der Waals surface area contributed by atoms with Gasteiger partial charge in [-0.05, 0) is 39.5 Å². The first-order valence-electron chi connectivity index (χ1n) is 7.64. The van der Waals surface area contributed by atoms with E-state index in [4.69, 9.17) is 10.5 Å². The van der Waals surface area contributed by atoms with E-state index in [1.165, 1.54) is 23.4 Å². The number of carbonyl (C=O) groups excluding carboxylic acids is 1. The topological polar surface area (TPSA) is 55.6 Å². The fourth-order valence-corrected chi connectivity index (χ4v) is 4.53. The second-order valence-corrected chi connectivity index (χ2v) is 7.96. The lowest BCUT2D eigenvalue weighted by Crippen LogP contribution is -2.52. The third kappa shape index (κ3) is 2.81. The summed E-state index contributed by atoms with van der Waals surface area (Å²) in [6, 6.07) is 0. The zero-order valence-electron chi connectivity index (χ0n) is 13.2. The van der Waals surface area contributed by atoms with Crippen LogP contribution < -0.4 is 10.6 Å². The highest BCUT2D eigenvalue weighted by molar-refractivity contribution is 7.18. The van der Waals surface area contributed by atoms with Crippen molar-refractivity contribution in [1.29, 1.82) is 0 Å². The molecule has 0 spiro atoms. The molecule has 1 unspecified atom stereocenters. The van der Waals surface area contributed by atoms with Gasteiger partial charge in [0, 0.05) is 25.6 Å². The molecular formula is C16H24N2O2S. The van der Waals surface area contributed by atoms with E-state index in [1.54, 1.807) is 18.3 Å². The van der Waals surface area contributed by atoms with E-state index in [9.17, 15) is 4.79 Å². The Labute approximate surface area is 130 Å². The maximum atomic E-state index is 11.8. The van der Waals surface area contributed by atoms with Crippen LogP contribution >= 0.6 is 11.3 Å². The van der Waals surface area contributed by atoms with Crippen LogP contribution in [-0.2, 0) is 4.74 Å². The number of rotatable bonds is 3.